The topological polar surface area (TPSA) is 133 Å². The minimum Gasteiger partial charge on any atom is -0.480 e. The van der Waals surface area contributed by atoms with Gasteiger partial charge in [-0.1, -0.05) is 44.2 Å². The van der Waals surface area contributed by atoms with Gasteiger partial charge in [0.25, 0.3) is 0 Å². The van der Waals surface area contributed by atoms with E-state index in [-0.39, 0.29) is 25.3 Å². The third-order valence-electron chi connectivity index (χ3n) is 4.90. The number of nitrogens with zero attached hydrogens (tertiary/aromatic N) is 2. The Morgan fingerprint density at radius 2 is 1.65 bits per heavy atom. The molecule has 0 saturated heterocycles. The van der Waals surface area contributed by atoms with Crippen LogP contribution >= 0.6 is 0 Å². The van der Waals surface area contributed by atoms with E-state index in [1.165, 1.54) is 30.8 Å². The molecule has 1 aromatic carbocycles. The van der Waals surface area contributed by atoms with E-state index < -0.39 is 41.8 Å². The third kappa shape index (κ3) is 8.37. The molecule has 0 aromatic heterocycles. The minimum atomic E-state index is -1.13. The van der Waals surface area contributed by atoms with Gasteiger partial charge in [-0.2, -0.15) is 0 Å². The maximum Gasteiger partial charge on any atom is 0.326 e. The van der Waals surface area contributed by atoms with Gasteiger partial charge in [0, 0.05) is 20.5 Å². The molecule has 0 heterocycles. The number of rotatable bonds is 11. The zero-order valence-corrected chi connectivity index (χ0v) is 18.9. The predicted molar refractivity (Wildman–Crippen MR) is 117 cm³/mol. The SMILES string of the molecule is CC(C)C[C@H](NC(=O)[C@H](Cc1ccccc1)N(C)C(=O)CN(C)C(=O)[C@H](C)N)C(=O)O. The second-order valence-electron chi connectivity index (χ2n) is 8.22. The molecule has 0 spiro atoms. The number of nitrogens with two attached hydrogens (primary N) is 1. The highest BCUT2D eigenvalue weighted by Gasteiger charge is 2.31. The lowest BCUT2D eigenvalue weighted by Gasteiger charge is -2.30. The van der Waals surface area contributed by atoms with Crippen molar-refractivity contribution >= 4 is 23.7 Å². The monoisotopic (exact) mass is 434 g/mol. The molecule has 4 N–H and O–H groups in total. The number of amides is 3. The van der Waals surface area contributed by atoms with Gasteiger partial charge in [0.2, 0.25) is 17.7 Å². The average Bonchev–Trinajstić information content (AvgIpc) is 2.70. The van der Waals surface area contributed by atoms with Crippen LogP contribution < -0.4 is 11.1 Å². The van der Waals surface area contributed by atoms with Crippen LogP contribution in [0.2, 0.25) is 0 Å². The van der Waals surface area contributed by atoms with E-state index in [0.717, 1.165) is 5.56 Å². The number of nitrogens with one attached hydrogen (secondary N) is 1. The molecule has 0 radical (unpaired) electrons. The van der Waals surface area contributed by atoms with Crippen molar-refractivity contribution < 1.29 is 24.3 Å². The number of carbonyl (C=O) groups is 4. The summed E-state index contributed by atoms with van der Waals surface area (Å²) < 4.78 is 0. The van der Waals surface area contributed by atoms with Crippen molar-refractivity contribution in [1.82, 2.24) is 15.1 Å². The first-order valence-corrected chi connectivity index (χ1v) is 10.3. The Balaban J connectivity index is 3.06. The number of carboxylic acid groups (broad SMARTS) is 1. The number of carboxylic acids is 1. The molecule has 172 valence electrons. The zero-order chi connectivity index (χ0) is 23.7. The van der Waals surface area contributed by atoms with Crippen LogP contribution in [0.4, 0.5) is 0 Å². The molecule has 1 rings (SSSR count). The van der Waals surface area contributed by atoms with E-state index in [2.05, 4.69) is 5.32 Å². The smallest absolute Gasteiger partial charge is 0.326 e. The number of carbonyl (C=O) groups excluding carboxylic acids is 3. The van der Waals surface area contributed by atoms with Crippen molar-refractivity contribution in [3.63, 3.8) is 0 Å². The van der Waals surface area contributed by atoms with Gasteiger partial charge in [-0.15, -0.1) is 0 Å². The number of benzene rings is 1. The largest absolute Gasteiger partial charge is 0.480 e. The fourth-order valence-corrected chi connectivity index (χ4v) is 3.12. The molecular weight excluding hydrogens is 400 g/mol. The van der Waals surface area contributed by atoms with Gasteiger partial charge < -0.3 is 26.0 Å². The molecule has 9 nitrogen and oxygen atoms in total. The molecule has 0 aliphatic heterocycles. The fraction of sp³-hybridized carbons (Fsp3) is 0.545. The Labute approximate surface area is 183 Å². The van der Waals surface area contributed by atoms with Crippen molar-refractivity contribution in [2.75, 3.05) is 20.6 Å². The van der Waals surface area contributed by atoms with E-state index in [9.17, 15) is 24.3 Å². The summed E-state index contributed by atoms with van der Waals surface area (Å²) in [5.41, 5.74) is 6.40. The molecule has 31 heavy (non-hydrogen) atoms. The standard InChI is InChI=1S/C22H34N4O5/c1-14(2)11-17(22(30)31)24-20(28)18(12-16-9-7-6-8-10-16)26(5)19(27)13-25(4)21(29)15(3)23/h6-10,14-15,17-18H,11-13,23H2,1-5H3,(H,24,28)(H,30,31)/t15-,17-,18-/m0/s1. The predicted octanol–water partition coefficient (Wildman–Crippen LogP) is 0.477. The summed E-state index contributed by atoms with van der Waals surface area (Å²) >= 11 is 0. The number of aliphatic carboxylic acids is 1. The molecule has 3 amide bonds. The molecule has 0 aliphatic carbocycles. The molecule has 0 aliphatic rings. The van der Waals surface area contributed by atoms with Crippen LogP contribution in [0.25, 0.3) is 0 Å². The lowest BCUT2D eigenvalue weighted by atomic mass is 10.0. The number of hydrogen-bond donors (Lipinski definition) is 3. The van der Waals surface area contributed by atoms with E-state index >= 15 is 0 Å². The molecule has 9 heteroatoms. The first kappa shape index (κ1) is 26.1. The van der Waals surface area contributed by atoms with Gasteiger partial charge in [-0.3, -0.25) is 14.4 Å². The van der Waals surface area contributed by atoms with E-state index in [0.29, 0.717) is 0 Å². The summed E-state index contributed by atoms with van der Waals surface area (Å²) in [6, 6.07) is 6.38. The zero-order valence-electron chi connectivity index (χ0n) is 18.9. The molecular formula is C22H34N4O5. The maximum absolute atomic E-state index is 13.0. The molecule has 1 aromatic rings. The Kier molecular flexibility index (Phi) is 10.1. The van der Waals surface area contributed by atoms with Crippen molar-refractivity contribution in [1.29, 1.82) is 0 Å². The number of hydrogen-bond acceptors (Lipinski definition) is 5. The van der Waals surface area contributed by atoms with Crippen molar-refractivity contribution in [3.8, 4) is 0 Å². The summed E-state index contributed by atoms with van der Waals surface area (Å²) in [5, 5.41) is 12.0. The molecule has 0 unspecified atom stereocenters. The first-order chi connectivity index (χ1) is 14.4. The highest BCUT2D eigenvalue weighted by molar-refractivity contribution is 5.92. The Bertz CT molecular complexity index is 766. The maximum atomic E-state index is 13.0. The van der Waals surface area contributed by atoms with Crippen LogP contribution in [0.5, 0.6) is 0 Å². The van der Waals surface area contributed by atoms with Crippen LogP contribution in [0.1, 0.15) is 32.8 Å². The van der Waals surface area contributed by atoms with Gasteiger partial charge in [0.1, 0.15) is 12.1 Å². The Hall–Kier alpha value is -2.94. The fourth-order valence-electron chi connectivity index (χ4n) is 3.12. The summed E-state index contributed by atoms with van der Waals surface area (Å²) in [4.78, 5) is 51.9. The summed E-state index contributed by atoms with van der Waals surface area (Å²) in [6.45, 7) is 5.01. The van der Waals surface area contributed by atoms with Crippen molar-refractivity contribution in [2.24, 2.45) is 11.7 Å². The molecule has 3 atom stereocenters. The van der Waals surface area contributed by atoms with Crippen molar-refractivity contribution in [3.05, 3.63) is 35.9 Å². The number of likely N-dealkylation sites (N-methyl/N-ethyl adjacent to an activating group) is 2. The quantitative estimate of drug-likeness (QED) is 0.464. The second-order valence-corrected chi connectivity index (χ2v) is 8.22. The minimum absolute atomic E-state index is 0.0613. The van der Waals surface area contributed by atoms with Crippen LogP contribution in [0.3, 0.4) is 0 Å². The summed E-state index contributed by atoms with van der Waals surface area (Å²) in [5.74, 6) is -2.48. The van der Waals surface area contributed by atoms with Crippen LogP contribution in [-0.4, -0.2) is 77.4 Å². The van der Waals surface area contributed by atoms with Crippen molar-refractivity contribution in [2.45, 2.75) is 51.7 Å². The lowest BCUT2D eigenvalue weighted by molar-refractivity contribution is -0.146. The van der Waals surface area contributed by atoms with Gasteiger partial charge in [0.15, 0.2) is 0 Å². The van der Waals surface area contributed by atoms with E-state index in [1.54, 1.807) is 0 Å². The summed E-state index contributed by atoms with van der Waals surface area (Å²) in [7, 11) is 2.94. The second kappa shape index (κ2) is 12.0. The van der Waals surface area contributed by atoms with E-state index in [1.807, 2.05) is 44.2 Å². The first-order valence-electron chi connectivity index (χ1n) is 10.3. The average molecular weight is 435 g/mol. The summed E-state index contributed by atoms with van der Waals surface area (Å²) in [6.07, 6.45) is 0.469. The van der Waals surface area contributed by atoms with Crippen LogP contribution in [-0.2, 0) is 25.6 Å². The van der Waals surface area contributed by atoms with Crippen LogP contribution in [0, 0.1) is 5.92 Å². The van der Waals surface area contributed by atoms with Gasteiger partial charge >= 0.3 is 5.97 Å². The Morgan fingerprint density at radius 1 is 1.06 bits per heavy atom. The highest BCUT2D eigenvalue weighted by atomic mass is 16.4. The normalized spacial score (nSPS) is 13.8. The molecule has 0 saturated carbocycles. The highest BCUT2D eigenvalue weighted by Crippen LogP contribution is 2.12. The molecule has 0 fully saturated rings. The van der Waals surface area contributed by atoms with Gasteiger partial charge in [-0.25, -0.2) is 4.79 Å². The Morgan fingerprint density at radius 3 is 2.13 bits per heavy atom. The van der Waals surface area contributed by atoms with Gasteiger partial charge in [-0.05, 0) is 24.8 Å². The van der Waals surface area contributed by atoms with Crippen LogP contribution in [0.15, 0.2) is 30.3 Å². The third-order valence-corrected chi connectivity index (χ3v) is 4.90. The lowest BCUT2D eigenvalue weighted by Crippen LogP contribution is -2.55. The van der Waals surface area contributed by atoms with Gasteiger partial charge in [0.05, 0.1) is 12.6 Å². The van der Waals surface area contributed by atoms with E-state index in [4.69, 9.17) is 5.73 Å². The molecule has 0 bridgehead atoms.